The minimum Gasteiger partial charge on any atom is -0.507 e. The minimum atomic E-state index is -0.835. The van der Waals surface area contributed by atoms with Crippen LogP contribution in [0, 0.1) is 0 Å². The van der Waals surface area contributed by atoms with E-state index in [2.05, 4.69) is 17.0 Å². The molecule has 0 aromatic carbocycles. The molecule has 0 fully saturated rings. The number of alkyl carbamates (subject to hydrolysis) is 1. The van der Waals surface area contributed by atoms with Crippen molar-refractivity contribution < 1.29 is 23.8 Å². The summed E-state index contributed by atoms with van der Waals surface area (Å²) >= 11 is 0. The molecule has 0 aliphatic carbocycles. The lowest BCUT2D eigenvalue weighted by molar-refractivity contribution is 0.102. The van der Waals surface area contributed by atoms with Gasteiger partial charge in [-0.2, -0.15) is 0 Å². The van der Waals surface area contributed by atoms with E-state index in [-0.39, 0.29) is 17.2 Å². The number of carbonyl (C=O) groups is 2. The monoisotopic (exact) mass is 433 g/mol. The number of hydrogen-bond acceptors (Lipinski definition) is 6. The number of rotatable bonds is 12. The Labute approximate surface area is 184 Å². The second-order valence-corrected chi connectivity index (χ2v) is 7.81. The Bertz CT molecular complexity index is 865. The Morgan fingerprint density at radius 3 is 2.55 bits per heavy atom. The lowest BCUT2D eigenvalue weighted by Gasteiger charge is -2.12. The molecule has 0 aliphatic rings. The molecule has 1 rings (SSSR count). The van der Waals surface area contributed by atoms with E-state index in [4.69, 9.17) is 4.42 Å². The fourth-order valence-electron chi connectivity index (χ4n) is 3.01. The Morgan fingerprint density at radius 1 is 1.23 bits per heavy atom. The van der Waals surface area contributed by atoms with Crippen molar-refractivity contribution in [2.45, 2.75) is 72.1 Å². The van der Waals surface area contributed by atoms with Gasteiger partial charge in [-0.1, -0.05) is 44.4 Å². The van der Waals surface area contributed by atoms with Crippen molar-refractivity contribution >= 4 is 11.9 Å². The van der Waals surface area contributed by atoms with E-state index >= 15 is 0 Å². The van der Waals surface area contributed by atoms with Crippen LogP contribution >= 0.6 is 0 Å². The van der Waals surface area contributed by atoms with Crippen molar-refractivity contribution in [3.05, 3.63) is 51.1 Å². The van der Waals surface area contributed by atoms with Crippen LogP contribution in [0.15, 0.2) is 38.6 Å². The molecule has 1 aromatic heterocycles. The summed E-state index contributed by atoms with van der Waals surface area (Å²) in [5.41, 5.74) is 0.332. The summed E-state index contributed by atoms with van der Waals surface area (Å²) in [7, 11) is 1.31. The van der Waals surface area contributed by atoms with Crippen LogP contribution < -0.4 is 10.9 Å². The van der Waals surface area contributed by atoms with Crippen LogP contribution in [0.25, 0.3) is 0 Å². The first-order chi connectivity index (χ1) is 14.7. The number of amides is 1. The van der Waals surface area contributed by atoms with Gasteiger partial charge in [0.05, 0.1) is 7.11 Å². The number of nitrogens with one attached hydrogen (secondary N) is 1. The van der Waals surface area contributed by atoms with Crippen molar-refractivity contribution in [3.63, 3.8) is 0 Å². The van der Waals surface area contributed by atoms with Gasteiger partial charge >= 0.3 is 11.7 Å². The third kappa shape index (κ3) is 8.82. The molecule has 1 heterocycles. The molecular weight excluding hydrogens is 398 g/mol. The fraction of sp³-hybridized carbons (Fsp3) is 0.542. The molecule has 0 saturated heterocycles. The molecule has 7 nitrogen and oxygen atoms in total. The number of hydrogen-bond donors (Lipinski definition) is 2. The molecule has 0 saturated carbocycles. The quantitative estimate of drug-likeness (QED) is 0.202. The molecule has 1 atom stereocenters. The van der Waals surface area contributed by atoms with E-state index in [1.807, 2.05) is 19.9 Å². The Hall–Kier alpha value is -2.83. The normalized spacial score (nSPS) is 13.1. The highest BCUT2D eigenvalue weighted by atomic mass is 16.5. The van der Waals surface area contributed by atoms with Crippen molar-refractivity contribution in [2.75, 3.05) is 13.7 Å². The smallest absolute Gasteiger partial charge is 0.406 e. The van der Waals surface area contributed by atoms with Crippen LogP contribution in [-0.4, -0.2) is 30.6 Å². The van der Waals surface area contributed by atoms with Gasteiger partial charge in [-0.25, -0.2) is 9.59 Å². The Balaban J connectivity index is 2.81. The molecule has 1 aromatic rings. The number of carbonyl (C=O) groups excluding carboxylic acids is 2. The number of ether oxygens (including phenoxy) is 1. The van der Waals surface area contributed by atoms with Gasteiger partial charge < -0.3 is 19.6 Å². The van der Waals surface area contributed by atoms with E-state index in [0.717, 1.165) is 37.7 Å². The third-order valence-electron chi connectivity index (χ3n) is 5.08. The summed E-state index contributed by atoms with van der Waals surface area (Å²) < 4.78 is 9.85. The van der Waals surface area contributed by atoms with E-state index < -0.39 is 17.5 Å². The molecule has 7 heteroatoms. The van der Waals surface area contributed by atoms with Gasteiger partial charge in [0.2, 0.25) is 0 Å². The molecule has 2 N–H and O–H groups in total. The average Bonchev–Trinajstić information content (AvgIpc) is 2.74. The third-order valence-corrected chi connectivity index (χ3v) is 5.08. The molecule has 0 radical (unpaired) electrons. The summed E-state index contributed by atoms with van der Waals surface area (Å²) in [6.07, 6.45) is 8.40. The summed E-state index contributed by atoms with van der Waals surface area (Å²) in [6.45, 7) is 8.09. The zero-order chi connectivity index (χ0) is 23.4. The SMILES string of the molecule is CCCC/C(C)=C/C=C(\C)C(=O)c1c(O)cc(C(C)CCCCNC(=O)OC)oc1=O. The van der Waals surface area contributed by atoms with Gasteiger partial charge in [0, 0.05) is 18.5 Å². The lowest BCUT2D eigenvalue weighted by Crippen LogP contribution is -2.23. The van der Waals surface area contributed by atoms with Gasteiger partial charge in [0.15, 0.2) is 5.78 Å². The number of aromatic hydroxyl groups is 1. The molecular formula is C24H35NO6. The van der Waals surface area contributed by atoms with Gasteiger partial charge in [-0.3, -0.25) is 4.79 Å². The number of methoxy groups -OCH3 is 1. The van der Waals surface area contributed by atoms with Crippen LogP contribution in [0.3, 0.4) is 0 Å². The van der Waals surface area contributed by atoms with E-state index in [1.54, 1.807) is 13.0 Å². The minimum absolute atomic E-state index is 0.123. The first-order valence-electron chi connectivity index (χ1n) is 10.8. The topological polar surface area (TPSA) is 106 Å². The zero-order valence-corrected chi connectivity index (χ0v) is 19.2. The molecule has 1 unspecified atom stereocenters. The molecule has 0 spiro atoms. The Morgan fingerprint density at radius 2 is 1.94 bits per heavy atom. The highest BCUT2D eigenvalue weighted by Crippen LogP contribution is 2.26. The number of Topliss-reactive ketones (excluding diaryl/α,β-unsaturated/α-hetero) is 1. The largest absolute Gasteiger partial charge is 0.507 e. The van der Waals surface area contributed by atoms with Crippen LogP contribution in [0.5, 0.6) is 5.75 Å². The molecule has 0 bridgehead atoms. The van der Waals surface area contributed by atoms with Gasteiger partial charge in [0.25, 0.3) is 0 Å². The predicted octanol–water partition coefficient (Wildman–Crippen LogP) is 5.24. The van der Waals surface area contributed by atoms with Crippen molar-refractivity contribution in [1.29, 1.82) is 0 Å². The van der Waals surface area contributed by atoms with Crippen LogP contribution in [0.2, 0.25) is 0 Å². The highest BCUT2D eigenvalue weighted by molar-refractivity contribution is 6.09. The van der Waals surface area contributed by atoms with Crippen molar-refractivity contribution in [3.8, 4) is 5.75 Å². The van der Waals surface area contributed by atoms with Crippen molar-refractivity contribution in [1.82, 2.24) is 5.32 Å². The molecule has 1 amide bonds. The summed E-state index contributed by atoms with van der Waals surface area (Å²) in [6, 6.07) is 1.35. The zero-order valence-electron chi connectivity index (χ0n) is 19.2. The summed E-state index contributed by atoms with van der Waals surface area (Å²) in [4.78, 5) is 36.1. The fourth-order valence-corrected chi connectivity index (χ4v) is 3.01. The van der Waals surface area contributed by atoms with E-state index in [0.29, 0.717) is 24.3 Å². The van der Waals surface area contributed by atoms with Gasteiger partial charge in [-0.15, -0.1) is 0 Å². The second-order valence-electron chi connectivity index (χ2n) is 7.81. The number of allylic oxidation sites excluding steroid dienone is 4. The van der Waals surface area contributed by atoms with Crippen LogP contribution in [0.1, 0.15) is 88.3 Å². The number of ketones is 1. The standard InChI is InChI=1S/C24H35NO6/c1-6-7-10-16(2)12-13-18(4)22(27)21-19(26)15-20(31-23(21)28)17(3)11-8-9-14-25-24(29)30-5/h12-13,15,17,26H,6-11,14H2,1-5H3,(H,25,29)/b16-12+,18-13+. The van der Waals surface area contributed by atoms with E-state index in [9.17, 15) is 19.5 Å². The first-order valence-corrected chi connectivity index (χ1v) is 10.8. The maximum atomic E-state index is 12.7. The highest BCUT2D eigenvalue weighted by Gasteiger charge is 2.21. The summed E-state index contributed by atoms with van der Waals surface area (Å²) in [5, 5.41) is 12.9. The summed E-state index contributed by atoms with van der Waals surface area (Å²) in [5.74, 6) is -0.702. The Kier molecular flexibility index (Phi) is 11.4. The van der Waals surface area contributed by atoms with Gasteiger partial charge in [-0.05, 0) is 45.1 Å². The average molecular weight is 434 g/mol. The van der Waals surface area contributed by atoms with Crippen LogP contribution in [0.4, 0.5) is 4.79 Å². The van der Waals surface area contributed by atoms with E-state index in [1.165, 1.54) is 13.2 Å². The van der Waals surface area contributed by atoms with Gasteiger partial charge in [0.1, 0.15) is 17.1 Å². The first kappa shape index (κ1) is 26.2. The molecule has 172 valence electrons. The van der Waals surface area contributed by atoms with Crippen LogP contribution in [-0.2, 0) is 4.74 Å². The molecule has 31 heavy (non-hydrogen) atoms. The maximum absolute atomic E-state index is 12.7. The predicted molar refractivity (Wildman–Crippen MR) is 121 cm³/mol. The lowest BCUT2D eigenvalue weighted by atomic mass is 9.99. The molecule has 0 aliphatic heterocycles. The number of unbranched alkanes of at least 4 members (excludes halogenated alkanes) is 2. The van der Waals surface area contributed by atoms with Crippen molar-refractivity contribution in [2.24, 2.45) is 0 Å². The maximum Gasteiger partial charge on any atom is 0.406 e. The second kappa shape index (κ2) is 13.5.